The fraction of sp³-hybridized carbons (Fsp3) is 0.471. The highest BCUT2D eigenvalue weighted by Gasteiger charge is 2.03. The van der Waals surface area contributed by atoms with Gasteiger partial charge in [-0.3, -0.25) is 0 Å². The van der Waals surface area contributed by atoms with Crippen molar-refractivity contribution < 1.29 is 4.74 Å². The first-order valence-corrected chi connectivity index (χ1v) is 7.62. The number of ether oxygens (including phenoxy) is 1. The van der Waals surface area contributed by atoms with E-state index in [0.717, 1.165) is 31.0 Å². The molecule has 1 aromatic heterocycles. The summed E-state index contributed by atoms with van der Waals surface area (Å²) in [4.78, 5) is 4.31. The summed E-state index contributed by atoms with van der Waals surface area (Å²) < 4.78 is 7.89. The van der Waals surface area contributed by atoms with Crippen molar-refractivity contribution in [3.63, 3.8) is 0 Å². The van der Waals surface area contributed by atoms with E-state index in [9.17, 15) is 0 Å². The van der Waals surface area contributed by atoms with E-state index in [-0.39, 0.29) is 0 Å². The van der Waals surface area contributed by atoms with Crippen molar-refractivity contribution in [1.29, 1.82) is 0 Å². The van der Waals surface area contributed by atoms with E-state index in [2.05, 4.69) is 40.8 Å². The predicted octanol–water partition coefficient (Wildman–Crippen LogP) is 3.02. The maximum atomic E-state index is 5.80. The maximum Gasteiger partial charge on any atom is 0.146 e. The van der Waals surface area contributed by atoms with Gasteiger partial charge in [0.05, 0.1) is 0 Å². The van der Waals surface area contributed by atoms with Crippen molar-refractivity contribution in [3.05, 3.63) is 48.0 Å². The molecule has 1 unspecified atom stereocenters. The van der Waals surface area contributed by atoms with Crippen LogP contribution in [0.2, 0.25) is 0 Å². The topological polar surface area (TPSA) is 39.1 Å². The smallest absolute Gasteiger partial charge is 0.146 e. The number of aryl methyl sites for hydroxylation is 2. The Kier molecular flexibility index (Phi) is 5.81. The van der Waals surface area contributed by atoms with Crippen molar-refractivity contribution in [3.8, 4) is 5.75 Å². The summed E-state index contributed by atoms with van der Waals surface area (Å²) in [5, 5.41) is 3.26. The lowest BCUT2D eigenvalue weighted by molar-refractivity contribution is 0.290. The van der Waals surface area contributed by atoms with Gasteiger partial charge in [-0.25, -0.2) is 4.98 Å². The van der Waals surface area contributed by atoms with Crippen LogP contribution in [-0.2, 0) is 19.6 Å². The Morgan fingerprint density at radius 1 is 1.29 bits per heavy atom. The lowest BCUT2D eigenvalue weighted by Gasteiger charge is -2.11. The van der Waals surface area contributed by atoms with Crippen molar-refractivity contribution in [1.82, 2.24) is 14.9 Å². The number of hydrogen-bond acceptors (Lipinski definition) is 3. The maximum absolute atomic E-state index is 5.80. The van der Waals surface area contributed by atoms with Crippen LogP contribution in [0.15, 0.2) is 36.7 Å². The first kappa shape index (κ1) is 15.6. The third kappa shape index (κ3) is 4.60. The number of nitrogens with zero attached hydrogens (tertiary/aromatic N) is 2. The van der Waals surface area contributed by atoms with E-state index in [4.69, 9.17) is 4.74 Å². The molecule has 0 radical (unpaired) electrons. The molecule has 4 heteroatoms. The lowest BCUT2D eigenvalue weighted by Crippen LogP contribution is -2.21. The van der Waals surface area contributed by atoms with Crippen LogP contribution < -0.4 is 10.1 Å². The van der Waals surface area contributed by atoms with E-state index in [1.165, 1.54) is 5.56 Å². The molecule has 0 saturated carbocycles. The SMILES string of the molecule is CCn1ccnc1COc1ccc(CCC(C)NC)cc1. The van der Waals surface area contributed by atoms with Crippen molar-refractivity contribution in [2.24, 2.45) is 0 Å². The van der Waals surface area contributed by atoms with Crippen molar-refractivity contribution >= 4 is 0 Å². The number of benzene rings is 1. The first-order valence-electron chi connectivity index (χ1n) is 7.62. The van der Waals surface area contributed by atoms with Crippen molar-refractivity contribution in [2.75, 3.05) is 7.05 Å². The first-order chi connectivity index (χ1) is 10.2. The Labute approximate surface area is 127 Å². The second-order valence-corrected chi connectivity index (χ2v) is 5.29. The van der Waals surface area contributed by atoms with E-state index >= 15 is 0 Å². The van der Waals surface area contributed by atoms with Gasteiger partial charge in [-0.1, -0.05) is 12.1 Å². The van der Waals surface area contributed by atoms with E-state index in [1.807, 2.05) is 31.6 Å². The fourth-order valence-corrected chi connectivity index (χ4v) is 2.20. The van der Waals surface area contributed by atoms with Crippen LogP contribution in [0.3, 0.4) is 0 Å². The van der Waals surface area contributed by atoms with Gasteiger partial charge in [0.15, 0.2) is 0 Å². The molecule has 21 heavy (non-hydrogen) atoms. The molecule has 2 rings (SSSR count). The summed E-state index contributed by atoms with van der Waals surface area (Å²) in [6, 6.07) is 8.92. The van der Waals surface area contributed by atoms with Gasteiger partial charge in [-0.05, 0) is 51.4 Å². The van der Waals surface area contributed by atoms with Crippen LogP contribution in [0, 0.1) is 0 Å². The van der Waals surface area contributed by atoms with Crippen LogP contribution in [0.5, 0.6) is 5.75 Å². The third-order valence-corrected chi connectivity index (χ3v) is 3.79. The highest BCUT2D eigenvalue weighted by Crippen LogP contribution is 2.15. The van der Waals surface area contributed by atoms with Gasteiger partial charge in [-0.15, -0.1) is 0 Å². The van der Waals surface area contributed by atoms with Gasteiger partial charge >= 0.3 is 0 Å². The second kappa shape index (κ2) is 7.84. The van der Waals surface area contributed by atoms with E-state index < -0.39 is 0 Å². The zero-order chi connectivity index (χ0) is 15.1. The van der Waals surface area contributed by atoms with Crippen molar-refractivity contribution in [2.45, 2.75) is 45.9 Å². The minimum absolute atomic E-state index is 0.511. The van der Waals surface area contributed by atoms with Crippen LogP contribution in [0.25, 0.3) is 0 Å². The van der Waals surface area contributed by atoms with Crippen LogP contribution in [0.4, 0.5) is 0 Å². The number of imidazole rings is 1. The molecule has 4 nitrogen and oxygen atoms in total. The summed E-state index contributed by atoms with van der Waals surface area (Å²) >= 11 is 0. The molecule has 0 aliphatic rings. The summed E-state index contributed by atoms with van der Waals surface area (Å²) in [5.74, 6) is 1.86. The quantitative estimate of drug-likeness (QED) is 0.811. The molecular formula is C17H25N3O. The van der Waals surface area contributed by atoms with Gasteiger partial charge in [-0.2, -0.15) is 0 Å². The highest BCUT2D eigenvalue weighted by atomic mass is 16.5. The monoisotopic (exact) mass is 287 g/mol. The van der Waals surface area contributed by atoms with Gasteiger partial charge in [0, 0.05) is 25.0 Å². The molecule has 0 amide bonds. The largest absolute Gasteiger partial charge is 0.486 e. The Morgan fingerprint density at radius 3 is 2.71 bits per heavy atom. The second-order valence-electron chi connectivity index (χ2n) is 5.29. The molecule has 0 aliphatic carbocycles. The molecule has 0 saturated heterocycles. The summed E-state index contributed by atoms with van der Waals surface area (Å²) in [5.41, 5.74) is 1.35. The van der Waals surface area contributed by atoms with Gasteiger partial charge in [0.2, 0.25) is 0 Å². The minimum atomic E-state index is 0.511. The van der Waals surface area contributed by atoms with Crippen LogP contribution in [-0.4, -0.2) is 22.6 Å². The number of hydrogen-bond donors (Lipinski definition) is 1. The molecule has 0 bridgehead atoms. The average molecular weight is 287 g/mol. The fourth-order valence-electron chi connectivity index (χ4n) is 2.20. The zero-order valence-electron chi connectivity index (χ0n) is 13.2. The minimum Gasteiger partial charge on any atom is -0.486 e. The van der Waals surface area contributed by atoms with Crippen LogP contribution in [0.1, 0.15) is 31.7 Å². The summed E-state index contributed by atoms with van der Waals surface area (Å²) in [6.45, 7) is 5.73. The predicted molar refractivity (Wildman–Crippen MR) is 85.5 cm³/mol. The standard InChI is InChI=1S/C17H25N3O/c1-4-20-12-11-19-17(20)13-21-16-9-7-15(8-10-16)6-5-14(2)18-3/h7-12,14,18H,4-6,13H2,1-3H3. The molecule has 0 fully saturated rings. The molecule has 114 valence electrons. The molecule has 1 heterocycles. The molecule has 1 aromatic carbocycles. The third-order valence-electron chi connectivity index (χ3n) is 3.79. The normalized spacial score (nSPS) is 12.3. The van der Waals surface area contributed by atoms with Gasteiger partial charge < -0.3 is 14.6 Å². The molecule has 2 aromatic rings. The Hall–Kier alpha value is -1.81. The average Bonchev–Trinajstić information content (AvgIpc) is 2.99. The molecule has 0 aliphatic heterocycles. The number of rotatable bonds is 8. The number of nitrogens with one attached hydrogen (secondary N) is 1. The van der Waals surface area contributed by atoms with E-state index in [0.29, 0.717) is 12.6 Å². The Morgan fingerprint density at radius 2 is 2.05 bits per heavy atom. The number of aromatic nitrogens is 2. The molecular weight excluding hydrogens is 262 g/mol. The molecule has 1 atom stereocenters. The van der Waals surface area contributed by atoms with Gasteiger partial charge in [0.25, 0.3) is 0 Å². The van der Waals surface area contributed by atoms with E-state index in [1.54, 1.807) is 0 Å². The van der Waals surface area contributed by atoms with Gasteiger partial charge in [0.1, 0.15) is 18.2 Å². The Balaban J connectivity index is 1.85. The summed E-state index contributed by atoms with van der Waals surface area (Å²) in [6.07, 6.45) is 6.02. The highest BCUT2D eigenvalue weighted by molar-refractivity contribution is 5.27. The Bertz CT molecular complexity index is 533. The summed E-state index contributed by atoms with van der Waals surface area (Å²) in [7, 11) is 2.00. The van der Waals surface area contributed by atoms with Crippen LogP contribution >= 0.6 is 0 Å². The molecule has 0 spiro atoms. The zero-order valence-corrected chi connectivity index (χ0v) is 13.2. The lowest BCUT2D eigenvalue weighted by atomic mass is 10.1. The molecule has 1 N–H and O–H groups in total.